The third-order valence-corrected chi connectivity index (χ3v) is 9.56. The van der Waals surface area contributed by atoms with Crippen LogP contribution in [0.3, 0.4) is 0 Å². The van der Waals surface area contributed by atoms with E-state index in [2.05, 4.69) is 122 Å². The average Bonchev–Trinajstić information content (AvgIpc) is 3.43. The standard InChI is InChI=1S/C42H40N4/c1-41(2)35-11-5-7-13-37(35)45(39(41)25-23-31-15-19-33(29-43)20-16-31)27-9-10-28-46-38-14-8-6-12-36(38)42(3,4)40(46)26-24-32-17-21-34(30-44)22-18-32/h5-8,11-26H,9-10,27-28H2,1-4H3/q+2/b25-23+,26-24+. The van der Waals surface area contributed by atoms with E-state index in [1.54, 1.807) is 0 Å². The lowest BCUT2D eigenvalue weighted by Crippen LogP contribution is -2.28. The first-order valence-electron chi connectivity index (χ1n) is 16.1. The molecule has 6 rings (SSSR count). The van der Waals surface area contributed by atoms with Gasteiger partial charge in [-0.1, -0.05) is 60.7 Å². The van der Waals surface area contributed by atoms with Gasteiger partial charge in [0.1, 0.15) is 13.1 Å². The van der Waals surface area contributed by atoms with Crippen molar-refractivity contribution in [2.24, 2.45) is 0 Å². The molecule has 4 aromatic rings. The SMILES string of the molecule is CC1(C)C(/C=C/c2ccc(C#N)cc2)=[N+](CCCC[N+]2=C(/C=C/c3ccc(C#N)cc3)C(C)(C)c3ccccc32)c2ccccc21. The minimum absolute atomic E-state index is 0.116. The van der Waals surface area contributed by atoms with Crippen LogP contribution >= 0.6 is 0 Å². The van der Waals surface area contributed by atoms with Crippen molar-refractivity contribution in [2.75, 3.05) is 13.1 Å². The highest BCUT2D eigenvalue weighted by atomic mass is 15.1. The third kappa shape index (κ3) is 5.76. The van der Waals surface area contributed by atoms with Crippen LogP contribution in [0.25, 0.3) is 12.2 Å². The predicted molar refractivity (Wildman–Crippen MR) is 188 cm³/mol. The van der Waals surface area contributed by atoms with Gasteiger partial charge < -0.3 is 0 Å². The summed E-state index contributed by atoms with van der Waals surface area (Å²) in [6.07, 6.45) is 11.0. The highest BCUT2D eigenvalue weighted by Gasteiger charge is 2.45. The number of para-hydroxylation sites is 2. The number of benzene rings is 4. The number of fused-ring (bicyclic) bond motifs is 2. The summed E-state index contributed by atoms with van der Waals surface area (Å²) in [4.78, 5) is 0. The Morgan fingerprint density at radius 1 is 0.522 bits per heavy atom. The van der Waals surface area contributed by atoms with Gasteiger partial charge in [-0.2, -0.15) is 19.7 Å². The zero-order chi connectivity index (χ0) is 32.3. The van der Waals surface area contributed by atoms with Gasteiger partial charge in [0.15, 0.2) is 11.4 Å². The zero-order valence-electron chi connectivity index (χ0n) is 27.2. The van der Waals surface area contributed by atoms with Gasteiger partial charge in [-0.3, -0.25) is 0 Å². The Morgan fingerprint density at radius 3 is 1.26 bits per heavy atom. The number of hydrogen-bond acceptors (Lipinski definition) is 2. The van der Waals surface area contributed by atoms with Crippen molar-refractivity contribution < 1.29 is 9.15 Å². The fourth-order valence-corrected chi connectivity index (χ4v) is 6.99. The molecule has 226 valence electrons. The summed E-state index contributed by atoms with van der Waals surface area (Å²) in [6, 6.07) is 37.5. The summed E-state index contributed by atoms with van der Waals surface area (Å²) >= 11 is 0. The van der Waals surface area contributed by atoms with Crippen LogP contribution < -0.4 is 0 Å². The Hall–Kier alpha value is -5.32. The number of hydrogen-bond donors (Lipinski definition) is 0. The molecule has 0 unspecified atom stereocenters. The molecule has 0 atom stereocenters. The topological polar surface area (TPSA) is 53.6 Å². The van der Waals surface area contributed by atoms with Gasteiger partial charge in [-0.15, -0.1) is 0 Å². The predicted octanol–water partition coefficient (Wildman–Crippen LogP) is 9.09. The molecule has 2 aliphatic rings. The van der Waals surface area contributed by atoms with Crippen LogP contribution in [0.15, 0.2) is 109 Å². The molecule has 0 aliphatic carbocycles. The van der Waals surface area contributed by atoms with Gasteiger partial charge in [-0.05, 0) is 75.2 Å². The molecule has 46 heavy (non-hydrogen) atoms. The minimum atomic E-state index is -0.116. The second-order valence-corrected chi connectivity index (χ2v) is 13.2. The largest absolute Gasteiger partial charge is 0.209 e. The molecular formula is C42H40N4+2. The fraction of sp³-hybridized carbons (Fsp3) is 0.238. The number of nitrogens with zero attached hydrogens (tertiary/aromatic N) is 4. The van der Waals surface area contributed by atoms with Crippen LogP contribution in [0, 0.1) is 22.7 Å². The zero-order valence-corrected chi connectivity index (χ0v) is 27.2. The summed E-state index contributed by atoms with van der Waals surface area (Å²) < 4.78 is 5.01. The first-order chi connectivity index (χ1) is 22.2. The lowest BCUT2D eigenvalue weighted by atomic mass is 9.81. The normalized spacial score (nSPS) is 16.1. The van der Waals surface area contributed by atoms with E-state index in [4.69, 9.17) is 0 Å². The van der Waals surface area contributed by atoms with Gasteiger partial charge in [0.25, 0.3) is 0 Å². The summed E-state index contributed by atoms with van der Waals surface area (Å²) in [5.41, 5.74) is 11.2. The fourth-order valence-electron chi connectivity index (χ4n) is 6.99. The number of unbranched alkanes of at least 4 members (excludes halogenated alkanes) is 1. The smallest absolute Gasteiger partial charge is 0.195 e. The van der Waals surface area contributed by atoms with Crippen LogP contribution in [0.4, 0.5) is 11.4 Å². The average molecular weight is 601 g/mol. The van der Waals surface area contributed by atoms with Gasteiger partial charge in [0.2, 0.25) is 11.4 Å². The van der Waals surface area contributed by atoms with Gasteiger partial charge in [0, 0.05) is 48.3 Å². The van der Waals surface area contributed by atoms with Crippen LogP contribution in [0.2, 0.25) is 0 Å². The third-order valence-electron chi connectivity index (χ3n) is 9.56. The summed E-state index contributed by atoms with van der Waals surface area (Å²) in [5.74, 6) is 0. The first kappa shape index (κ1) is 30.7. The maximum atomic E-state index is 9.19. The lowest BCUT2D eigenvalue weighted by molar-refractivity contribution is -0.451. The number of nitriles is 2. The summed E-state index contributed by atoms with van der Waals surface area (Å²) in [5, 5.41) is 18.4. The molecule has 0 spiro atoms. The van der Waals surface area contributed by atoms with Crippen molar-refractivity contribution in [3.05, 3.63) is 143 Å². The van der Waals surface area contributed by atoms with E-state index >= 15 is 0 Å². The van der Waals surface area contributed by atoms with Crippen molar-refractivity contribution in [3.8, 4) is 12.1 Å². The molecule has 4 heteroatoms. The van der Waals surface area contributed by atoms with Gasteiger partial charge >= 0.3 is 0 Å². The molecule has 0 fully saturated rings. The molecule has 0 radical (unpaired) electrons. The lowest BCUT2D eigenvalue weighted by Gasteiger charge is -2.15. The Labute approximate surface area is 273 Å². The first-order valence-corrected chi connectivity index (χ1v) is 16.1. The van der Waals surface area contributed by atoms with Gasteiger partial charge in [0.05, 0.1) is 34.1 Å². The van der Waals surface area contributed by atoms with Crippen molar-refractivity contribution in [1.29, 1.82) is 10.5 Å². The van der Waals surface area contributed by atoms with Crippen molar-refractivity contribution in [1.82, 2.24) is 0 Å². The van der Waals surface area contributed by atoms with E-state index in [1.165, 1.54) is 33.9 Å². The molecule has 4 nitrogen and oxygen atoms in total. The quantitative estimate of drug-likeness (QED) is 0.142. The van der Waals surface area contributed by atoms with E-state index < -0.39 is 0 Å². The second-order valence-electron chi connectivity index (χ2n) is 13.2. The molecular weight excluding hydrogens is 560 g/mol. The molecule has 0 bridgehead atoms. The number of allylic oxidation sites excluding steroid dienone is 2. The van der Waals surface area contributed by atoms with Gasteiger partial charge in [-0.25, -0.2) is 0 Å². The maximum absolute atomic E-state index is 9.19. The highest BCUT2D eigenvalue weighted by Crippen LogP contribution is 2.41. The summed E-state index contributed by atoms with van der Waals surface area (Å²) in [6.45, 7) is 11.1. The molecule has 0 N–H and O–H groups in total. The van der Waals surface area contributed by atoms with Crippen LogP contribution in [0.1, 0.15) is 73.9 Å². The maximum Gasteiger partial charge on any atom is 0.209 e. The van der Waals surface area contributed by atoms with Crippen molar-refractivity contribution >= 4 is 35.0 Å². The minimum Gasteiger partial charge on any atom is -0.195 e. The van der Waals surface area contributed by atoms with Crippen LogP contribution in [-0.4, -0.2) is 33.7 Å². The second kappa shape index (κ2) is 12.6. The number of rotatable bonds is 9. The van der Waals surface area contributed by atoms with E-state index in [0.717, 1.165) is 37.1 Å². The van der Waals surface area contributed by atoms with E-state index in [1.807, 2.05) is 48.5 Å². The monoisotopic (exact) mass is 600 g/mol. The Morgan fingerprint density at radius 2 is 0.891 bits per heavy atom. The van der Waals surface area contributed by atoms with Crippen LogP contribution in [0.5, 0.6) is 0 Å². The van der Waals surface area contributed by atoms with Crippen molar-refractivity contribution in [3.63, 3.8) is 0 Å². The molecule has 0 aromatic heterocycles. The van der Waals surface area contributed by atoms with Crippen LogP contribution in [-0.2, 0) is 10.8 Å². The Bertz CT molecular complexity index is 1840. The molecule has 2 heterocycles. The van der Waals surface area contributed by atoms with E-state index in [-0.39, 0.29) is 10.8 Å². The summed E-state index contributed by atoms with van der Waals surface area (Å²) in [7, 11) is 0. The molecule has 0 saturated carbocycles. The van der Waals surface area contributed by atoms with E-state index in [9.17, 15) is 10.5 Å². The van der Waals surface area contributed by atoms with E-state index in [0.29, 0.717) is 11.1 Å². The Balaban J connectivity index is 1.26. The molecule has 0 saturated heterocycles. The molecule has 4 aromatic carbocycles. The highest BCUT2D eigenvalue weighted by molar-refractivity contribution is 6.06. The molecule has 2 aliphatic heterocycles. The van der Waals surface area contributed by atoms with Crippen molar-refractivity contribution in [2.45, 2.75) is 51.4 Å². The molecule has 0 amide bonds. The Kier molecular flexibility index (Phi) is 8.40.